The fourth-order valence-corrected chi connectivity index (χ4v) is 2.09. The first-order valence-electron chi connectivity index (χ1n) is 7.54. The molecule has 0 fully saturated rings. The summed E-state index contributed by atoms with van der Waals surface area (Å²) < 4.78 is 18.5. The number of benzene rings is 2. The molecule has 1 unspecified atom stereocenters. The zero-order valence-corrected chi connectivity index (χ0v) is 12.7. The average molecular weight is 317 g/mol. The molecule has 0 spiro atoms. The highest BCUT2D eigenvalue weighted by molar-refractivity contribution is 5.75. The third kappa shape index (κ3) is 5.71. The normalized spacial score (nSPS) is 11.7. The largest absolute Gasteiger partial charge is 0.490 e. The molecular weight excluding hydrogens is 297 g/mol. The summed E-state index contributed by atoms with van der Waals surface area (Å²) in [6.45, 7) is 0.475. The summed E-state index contributed by atoms with van der Waals surface area (Å²) in [7, 11) is 0. The van der Waals surface area contributed by atoms with Crippen LogP contribution in [0.2, 0.25) is 0 Å². The molecule has 0 aromatic heterocycles. The molecule has 4 nitrogen and oxygen atoms in total. The summed E-state index contributed by atoms with van der Waals surface area (Å²) in [6, 6.07) is 15.4. The van der Waals surface area contributed by atoms with Crippen LogP contribution in [0.3, 0.4) is 0 Å². The summed E-state index contributed by atoms with van der Waals surface area (Å²) in [5, 5.41) is 12.7. The van der Waals surface area contributed by atoms with Crippen LogP contribution in [0.15, 0.2) is 54.6 Å². The standard InChI is InChI=1S/C18H20FNO3/c19-15-8-4-5-9-17(15)23-13-11-18(22)20-12-10-16(21)14-6-2-1-3-7-14/h1-9,16,21H,10-13H2,(H,20,22). The second-order valence-corrected chi connectivity index (χ2v) is 5.09. The van der Waals surface area contributed by atoms with Gasteiger partial charge in [0.15, 0.2) is 11.6 Å². The second kappa shape index (κ2) is 8.90. The van der Waals surface area contributed by atoms with E-state index in [1.165, 1.54) is 12.1 Å². The first-order chi connectivity index (χ1) is 11.2. The fourth-order valence-electron chi connectivity index (χ4n) is 2.09. The Labute approximate surface area is 134 Å². The third-order valence-corrected chi connectivity index (χ3v) is 3.35. The zero-order chi connectivity index (χ0) is 16.5. The number of aliphatic hydroxyl groups is 1. The Kier molecular flexibility index (Phi) is 6.56. The molecule has 2 aromatic rings. The molecule has 0 saturated heterocycles. The average Bonchev–Trinajstić information content (AvgIpc) is 2.57. The Morgan fingerprint density at radius 3 is 2.57 bits per heavy atom. The highest BCUT2D eigenvalue weighted by Crippen LogP contribution is 2.16. The molecule has 0 radical (unpaired) electrons. The highest BCUT2D eigenvalue weighted by atomic mass is 19.1. The summed E-state index contributed by atoms with van der Waals surface area (Å²) in [5.41, 5.74) is 0.824. The van der Waals surface area contributed by atoms with E-state index in [0.717, 1.165) is 5.56 Å². The van der Waals surface area contributed by atoms with Gasteiger partial charge in [0.05, 0.1) is 19.1 Å². The van der Waals surface area contributed by atoms with E-state index in [1.807, 2.05) is 30.3 Å². The number of rotatable bonds is 8. The minimum Gasteiger partial charge on any atom is -0.490 e. The van der Waals surface area contributed by atoms with Crippen LogP contribution >= 0.6 is 0 Å². The van der Waals surface area contributed by atoms with Crippen molar-refractivity contribution in [1.29, 1.82) is 0 Å². The van der Waals surface area contributed by atoms with Gasteiger partial charge in [-0.1, -0.05) is 42.5 Å². The molecule has 0 saturated carbocycles. The number of hydrogen-bond acceptors (Lipinski definition) is 3. The first-order valence-corrected chi connectivity index (χ1v) is 7.54. The van der Waals surface area contributed by atoms with Gasteiger partial charge in [0.2, 0.25) is 5.91 Å². The van der Waals surface area contributed by atoms with E-state index in [4.69, 9.17) is 4.74 Å². The SMILES string of the molecule is O=C(CCOc1ccccc1F)NCCC(O)c1ccccc1. The Bertz CT molecular complexity index is 619. The van der Waals surface area contributed by atoms with Gasteiger partial charge >= 0.3 is 0 Å². The maximum absolute atomic E-state index is 13.3. The van der Waals surface area contributed by atoms with Gasteiger partial charge in [-0.3, -0.25) is 4.79 Å². The predicted octanol–water partition coefficient (Wildman–Crippen LogP) is 2.83. The fraction of sp³-hybridized carbons (Fsp3) is 0.278. The van der Waals surface area contributed by atoms with Gasteiger partial charge in [0.25, 0.3) is 0 Å². The lowest BCUT2D eigenvalue weighted by molar-refractivity contribution is -0.121. The minimum atomic E-state index is -0.605. The number of ether oxygens (including phenoxy) is 1. The van der Waals surface area contributed by atoms with Crippen LogP contribution in [-0.2, 0) is 4.79 Å². The maximum Gasteiger partial charge on any atom is 0.223 e. The summed E-state index contributed by atoms with van der Waals surface area (Å²) >= 11 is 0. The quantitative estimate of drug-likeness (QED) is 0.787. The third-order valence-electron chi connectivity index (χ3n) is 3.35. The van der Waals surface area contributed by atoms with Crippen LogP contribution in [0.5, 0.6) is 5.75 Å². The van der Waals surface area contributed by atoms with E-state index in [2.05, 4.69) is 5.32 Å². The van der Waals surface area contributed by atoms with Gasteiger partial charge in [-0.25, -0.2) is 4.39 Å². The van der Waals surface area contributed by atoms with Crippen LogP contribution in [-0.4, -0.2) is 24.2 Å². The number of aliphatic hydroxyl groups excluding tert-OH is 1. The molecule has 1 atom stereocenters. The van der Waals surface area contributed by atoms with Crippen molar-refractivity contribution >= 4 is 5.91 Å². The molecule has 0 aliphatic rings. The van der Waals surface area contributed by atoms with Crippen molar-refractivity contribution in [3.05, 3.63) is 66.0 Å². The van der Waals surface area contributed by atoms with Gasteiger partial charge in [-0.2, -0.15) is 0 Å². The molecule has 0 aliphatic heterocycles. The van der Waals surface area contributed by atoms with Crippen molar-refractivity contribution in [3.63, 3.8) is 0 Å². The molecule has 23 heavy (non-hydrogen) atoms. The molecule has 2 aromatic carbocycles. The molecule has 2 rings (SSSR count). The van der Waals surface area contributed by atoms with Crippen molar-refractivity contribution in [2.45, 2.75) is 18.9 Å². The zero-order valence-electron chi connectivity index (χ0n) is 12.7. The topological polar surface area (TPSA) is 58.6 Å². The van der Waals surface area contributed by atoms with Crippen molar-refractivity contribution in [2.75, 3.05) is 13.2 Å². The van der Waals surface area contributed by atoms with Crippen molar-refractivity contribution < 1.29 is 19.0 Å². The van der Waals surface area contributed by atoms with Crippen molar-refractivity contribution in [1.82, 2.24) is 5.32 Å². The van der Waals surface area contributed by atoms with Crippen LogP contribution in [0, 0.1) is 5.82 Å². The number of hydrogen-bond donors (Lipinski definition) is 2. The molecule has 5 heteroatoms. The maximum atomic E-state index is 13.3. The van der Waals surface area contributed by atoms with E-state index in [0.29, 0.717) is 13.0 Å². The van der Waals surface area contributed by atoms with Gasteiger partial charge in [-0.15, -0.1) is 0 Å². The number of halogens is 1. The number of carbonyl (C=O) groups excluding carboxylic acids is 1. The molecule has 122 valence electrons. The Morgan fingerprint density at radius 2 is 1.83 bits per heavy atom. The summed E-state index contributed by atoms with van der Waals surface area (Å²) in [5.74, 6) is -0.500. The van der Waals surface area contributed by atoms with Crippen LogP contribution in [0.25, 0.3) is 0 Å². The van der Waals surface area contributed by atoms with Crippen molar-refractivity contribution in [3.8, 4) is 5.75 Å². The number of carbonyl (C=O) groups is 1. The van der Waals surface area contributed by atoms with E-state index in [-0.39, 0.29) is 24.7 Å². The van der Waals surface area contributed by atoms with Crippen LogP contribution in [0.1, 0.15) is 24.5 Å². The van der Waals surface area contributed by atoms with Crippen LogP contribution in [0.4, 0.5) is 4.39 Å². The van der Waals surface area contributed by atoms with E-state index in [1.54, 1.807) is 12.1 Å². The lowest BCUT2D eigenvalue weighted by atomic mass is 10.1. The molecule has 1 amide bonds. The van der Waals surface area contributed by atoms with Gasteiger partial charge in [0, 0.05) is 6.54 Å². The van der Waals surface area contributed by atoms with E-state index >= 15 is 0 Å². The Hall–Kier alpha value is -2.40. The molecule has 0 heterocycles. The van der Waals surface area contributed by atoms with Gasteiger partial charge in [-0.05, 0) is 24.1 Å². The summed E-state index contributed by atoms with van der Waals surface area (Å²) in [4.78, 5) is 11.7. The first kappa shape index (κ1) is 17.0. The smallest absolute Gasteiger partial charge is 0.223 e. The Balaban J connectivity index is 1.63. The van der Waals surface area contributed by atoms with Crippen LogP contribution < -0.4 is 10.1 Å². The second-order valence-electron chi connectivity index (χ2n) is 5.09. The van der Waals surface area contributed by atoms with Gasteiger partial charge in [0.1, 0.15) is 0 Å². The van der Waals surface area contributed by atoms with E-state index in [9.17, 15) is 14.3 Å². The van der Waals surface area contributed by atoms with Crippen molar-refractivity contribution in [2.24, 2.45) is 0 Å². The Morgan fingerprint density at radius 1 is 1.13 bits per heavy atom. The lowest BCUT2D eigenvalue weighted by Gasteiger charge is -2.12. The highest BCUT2D eigenvalue weighted by Gasteiger charge is 2.08. The minimum absolute atomic E-state index is 0.105. The lowest BCUT2D eigenvalue weighted by Crippen LogP contribution is -2.27. The number of nitrogens with one attached hydrogen (secondary N) is 1. The predicted molar refractivity (Wildman–Crippen MR) is 85.5 cm³/mol. The van der Waals surface area contributed by atoms with Gasteiger partial charge < -0.3 is 15.2 Å². The molecule has 0 bridgehead atoms. The molecular formula is C18H20FNO3. The molecule has 2 N–H and O–H groups in total. The number of amides is 1. The molecule has 0 aliphatic carbocycles. The van der Waals surface area contributed by atoms with E-state index < -0.39 is 11.9 Å². The number of para-hydroxylation sites is 1. The monoisotopic (exact) mass is 317 g/mol. The summed E-state index contributed by atoms with van der Waals surface area (Å²) in [6.07, 6.45) is -0.0363.